The quantitative estimate of drug-likeness (QED) is 0.160. The zero-order valence-electron chi connectivity index (χ0n) is 22.4. The lowest BCUT2D eigenvalue weighted by molar-refractivity contribution is -0.115. The van der Waals surface area contributed by atoms with E-state index >= 15 is 0 Å². The van der Waals surface area contributed by atoms with Crippen molar-refractivity contribution >= 4 is 85.9 Å². The van der Waals surface area contributed by atoms with Gasteiger partial charge in [-0.05, 0) is 53.0 Å². The Balaban J connectivity index is 1.40. The van der Waals surface area contributed by atoms with Gasteiger partial charge in [0, 0.05) is 55.8 Å². The standard InChI is InChI=1S/C27H28Cl2N8O3S/c1-36-15-17(30-23(38)7-12-41-2)14-22(36)26-31-18-4-3-16(13-21(18)32-26)27(39)33-20-6-5-19-24(35-40-34-19)25(20)37(10-8-28)11-9-29/h3-6,13-15H,7-12H2,1-2H3,(H,30,38)(H,31,32)(H,33,39). The zero-order chi connectivity index (χ0) is 28.9. The number of hydrogen-bond donors (Lipinski definition) is 3. The second-order valence-corrected chi connectivity index (χ2v) is 11.0. The van der Waals surface area contributed by atoms with E-state index < -0.39 is 0 Å². The average molecular weight is 616 g/mol. The molecule has 2 amide bonds. The third kappa shape index (κ3) is 6.29. The van der Waals surface area contributed by atoms with Crippen LogP contribution in [-0.2, 0) is 11.8 Å². The van der Waals surface area contributed by atoms with Crippen LogP contribution >= 0.6 is 35.0 Å². The van der Waals surface area contributed by atoms with Crippen LogP contribution in [0.5, 0.6) is 0 Å². The van der Waals surface area contributed by atoms with Gasteiger partial charge in [-0.1, -0.05) is 0 Å². The normalized spacial score (nSPS) is 11.3. The van der Waals surface area contributed by atoms with Crippen molar-refractivity contribution in [1.82, 2.24) is 24.8 Å². The van der Waals surface area contributed by atoms with E-state index in [9.17, 15) is 9.59 Å². The molecule has 0 saturated heterocycles. The summed E-state index contributed by atoms with van der Waals surface area (Å²) >= 11 is 13.7. The van der Waals surface area contributed by atoms with Crippen LogP contribution in [-0.4, -0.2) is 73.5 Å². The molecule has 0 saturated carbocycles. The van der Waals surface area contributed by atoms with Gasteiger partial charge in [0.2, 0.25) is 5.91 Å². The Morgan fingerprint density at radius 2 is 1.88 bits per heavy atom. The number of aromatic amines is 1. The molecule has 5 aromatic rings. The lowest BCUT2D eigenvalue weighted by atomic mass is 10.1. The highest BCUT2D eigenvalue weighted by atomic mass is 35.5. The summed E-state index contributed by atoms with van der Waals surface area (Å²) in [5.74, 6) is 1.74. The van der Waals surface area contributed by atoms with E-state index in [1.165, 1.54) is 0 Å². The molecule has 14 heteroatoms. The number of nitrogens with zero attached hydrogens (tertiary/aromatic N) is 5. The predicted octanol–water partition coefficient (Wildman–Crippen LogP) is 5.33. The summed E-state index contributed by atoms with van der Waals surface area (Å²) in [7, 11) is 1.88. The highest BCUT2D eigenvalue weighted by Gasteiger charge is 2.21. The number of carbonyl (C=O) groups is 2. The molecule has 3 aromatic heterocycles. The molecule has 0 spiro atoms. The van der Waals surface area contributed by atoms with Gasteiger partial charge in [-0.3, -0.25) is 9.59 Å². The summed E-state index contributed by atoms with van der Waals surface area (Å²) in [5.41, 5.74) is 5.56. The zero-order valence-corrected chi connectivity index (χ0v) is 24.7. The maximum absolute atomic E-state index is 13.4. The Bertz CT molecular complexity index is 1690. The molecule has 41 heavy (non-hydrogen) atoms. The summed E-state index contributed by atoms with van der Waals surface area (Å²) in [6.07, 6.45) is 4.26. The summed E-state index contributed by atoms with van der Waals surface area (Å²) < 4.78 is 6.84. The molecule has 0 aliphatic carbocycles. The Morgan fingerprint density at radius 1 is 1.07 bits per heavy atom. The number of thioether (sulfide) groups is 1. The van der Waals surface area contributed by atoms with E-state index in [1.807, 2.05) is 41.1 Å². The van der Waals surface area contributed by atoms with Crippen molar-refractivity contribution in [1.29, 1.82) is 0 Å². The Kier molecular flexibility index (Phi) is 9.01. The second kappa shape index (κ2) is 12.8. The minimum absolute atomic E-state index is 0.0349. The number of aryl methyl sites for hydroxylation is 1. The summed E-state index contributed by atoms with van der Waals surface area (Å²) in [6, 6.07) is 10.6. The third-order valence-electron chi connectivity index (χ3n) is 6.48. The van der Waals surface area contributed by atoms with Gasteiger partial charge in [-0.15, -0.1) is 23.2 Å². The number of carbonyl (C=O) groups excluding carboxylic acids is 2. The number of imidazole rings is 1. The monoisotopic (exact) mass is 614 g/mol. The number of rotatable bonds is 12. The number of fused-ring (bicyclic) bond motifs is 2. The Morgan fingerprint density at radius 3 is 2.63 bits per heavy atom. The topological polar surface area (TPSA) is 134 Å². The van der Waals surface area contributed by atoms with Crippen molar-refractivity contribution in [2.24, 2.45) is 7.05 Å². The highest BCUT2D eigenvalue weighted by Crippen LogP contribution is 2.34. The summed E-state index contributed by atoms with van der Waals surface area (Å²) in [6.45, 7) is 0.987. The molecule has 0 aliphatic heterocycles. The minimum Gasteiger partial charge on any atom is -0.366 e. The molecule has 0 fully saturated rings. The molecule has 214 valence electrons. The number of halogens is 2. The van der Waals surface area contributed by atoms with Crippen LogP contribution in [0.3, 0.4) is 0 Å². The van der Waals surface area contributed by atoms with Crippen LogP contribution in [0.2, 0.25) is 0 Å². The lowest BCUT2D eigenvalue weighted by Gasteiger charge is -2.25. The van der Waals surface area contributed by atoms with E-state index in [0.717, 1.165) is 17.0 Å². The van der Waals surface area contributed by atoms with Crippen LogP contribution in [0.15, 0.2) is 47.2 Å². The summed E-state index contributed by atoms with van der Waals surface area (Å²) in [4.78, 5) is 35.5. The first kappa shape index (κ1) is 28.8. The number of benzene rings is 2. The van der Waals surface area contributed by atoms with Crippen LogP contribution in [0, 0.1) is 0 Å². The Hall–Kier alpha value is -3.74. The third-order valence-corrected chi connectivity index (χ3v) is 7.43. The lowest BCUT2D eigenvalue weighted by Crippen LogP contribution is -2.29. The molecular formula is C27H28Cl2N8O3S. The molecule has 0 atom stereocenters. The van der Waals surface area contributed by atoms with Gasteiger partial charge in [0.05, 0.1) is 33.8 Å². The van der Waals surface area contributed by atoms with Gasteiger partial charge in [0.25, 0.3) is 5.91 Å². The largest absolute Gasteiger partial charge is 0.366 e. The smallest absolute Gasteiger partial charge is 0.255 e. The maximum Gasteiger partial charge on any atom is 0.255 e. The fourth-order valence-corrected chi connectivity index (χ4v) is 5.35. The van der Waals surface area contributed by atoms with Crippen LogP contribution in [0.1, 0.15) is 16.8 Å². The van der Waals surface area contributed by atoms with Crippen molar-refractivity contribution in [2.45, 2.75) is 6.42 Å². The molecule has 3 heterocycles. The first-order valence-electron chi connectivity index (χ1n) is 12.8. The van der Waals surface area contributed by atoms with Gasteiger partial charge in [0.15, 0.2) is 11.3 Å². The van der Waals surface area contributed by atoms with E-state index in [0.29, 0.717) is 76.3 Å². The van der Waals surface area contributed by atoms with Gasteiger partial charge in [-0.2, -0.15) is 11.8 Å². The van der Waals surface area contributed by atoms with Crippen molar-refractivity contribution < 1.29 is 14.2 Å². The SMILES string of the molecule is CSCCC(=O)Nc1cc(-c2nc3cc(C(=O)Nc4ccc5nonc5c4N(CCCl)CCCl)ccc3[nH]2)n(C)c1. The minimum atomic E-state index is -0.320. The van der Waals surface area contributed by atoms with Gasteiger partial charge < -0.3 is 25.1 Å². The average Bonchev–Trinajstić information content (AvgIpc) is 3.69. The number of amides is 2. The van der Waals surface area contributed by atoms with Crippen molar-refractivity contribution in [3.8, 4) is 11.5 Å². The van der Waals surface area contributed by atoms with E-state index in [-0.39, 0.29) is 11.8 Å². The second-order valence-electron chi connectivity index (χ2n) is 9.25. The van der Waals surface area contributed by atoms with E-state index in [4.69, 9.17) is 32.8 Å². The number of alkyl halides is 2. The Labute approximate surface area is 249 Å². The molecule has 0 bridgehead atoms. The van der Waals surface area contributed by atoms with Gasteiger partial charge >= 0.3 is 0 Å². The fraction of sp³-hybridized carbons (Fsp3) is 0.296. The maximum atomic E-state index is 13.4. The number of aromatic nitrogens is 5. The first-order valence-corrected chi connectivity index (χ1v) is 15.3. The van der Waals surface area contributed by atoms with Crippen molar-refractivity contribution in [2.75, 3.05) is 52.4 Å². The molecule has 0 unspecified atom stereocenters. The number of nitrogens with one attached hydrogen (secondary N) is 3. The number of anilines is 3. The van der Waals surface area contributed by atoms with E-state index in [2.05, 4.69) is 25.9 Å². The fourth-order valence-electron chi connectivity index (χ4n) is 4.55. The van der Waals surface area contributed by atoms with Crippen LogP contribution in [0.4, 0.5) is 17.1 Å². The number of hydrogen-bond acceptors (Lipinski definition) is 8. The van der Waals surface area contributed by atoms with Gasteiger partial charge in [-0.25, -0.2) is 9.61 Å². The molecule has 11 nitrogen and oxygen atoms in total. The molecule has 0 aliphatic rings. The number of H-pyrrole nitrogens is 1. The molecule has 0 radical (unpaired) electrons. The first-order chi connectivity index (χ1) is 19.9. The van der Waals surface area contributed by atoms with Crippen molar-refractivity contribution in [3.63, 3.8) is 0 Å². The van der Waals surface area contributed by atoms with E-state index in [1.54, 1.807) is 36.0 Å². The summed E-state index contributed by atoms with van der Waals surface area (Å²) in [5, 5.41) is 13.9. The van der Waals surface area contributed by atoms with Crippen molar-refractivity contribution in [3.05, 3.63) is 48.2 Å². The molecule has 3 N–H and O–H groups in total. The molecular weight excluding hydrogens is 587 g/mol. The van der Waals surface area contributed by atoms with Crippen LogP contribution in [0.25, 0.3) is 33.6 Å². The highest BCUT2D eigenvalue weighted by molar-refractivity contribution is 7.98. The molecule has 5 rings (SSSR count). The predicted molar refractivity (Wildman–Crippen MR) is 166 cm³/mol. The molecule has 2 aromatic carbocycles. The van der Waals surface area contributed by atoms with Crippen LogP contribution < -0.4 is 15.5 Å². The van der Waals surface area contributed by atoms with Gasteiger partial charge in [0.1, 0.15) is 5.52 Å².